The van der Waals surface area contributed by atoms with E-state index in [1.165, 1.54) is 0 Å². The van der Waals surface area contributed by atoms with E-state index < -0.39 is 23.1 Å². The standard InChI is InChI=1S/C15H24N2O5/c1-14(2,3)21-12(19)9-17-11(18)8-7-10(16-17)13(20)22-15(4,5)6/h7-9H2,1-6H3. The molecule has 1 heterocycles. The molecular formula is C15H24N2O5. The van der Waals surface area contributed by atoms with Crippen molar-refractivity contribution < 1.29 is 23.9 Å². The minimum absolute atomic E-state index is 0.112. The molecular weight excluding hydrogens is 288 g/mol. The molecule has 0 aromatic heterocycles. The van der Waals surface area contributed by atoms with E-state index in [1.54, 1.807) is 41.5 Å². The van der Waals surface area contributed by atoms with Crippen LogP contribution in [0.2, 0.25) is 0 Å². The molecule has 0 bridgehead atoms. The van der Waals surface area contributed by atoms with Crippen LogP contribution in [-0.4, -0.2) is 46.3 Å². The molecule has 1 aliphatic heterocycles. The van der Waals surface area contributed by atoms with Crippen LogP contribution in [0.4, 0.5) is 0 Å². The topological polar surface area (TPSA) is 85.3 Å². The van der Waals surface area contributed by atoms with Crippen LogP contribution in [0.25, 0.3) is 0 Å². The van der Waals surface area contributed by atoms with Crippen LogP contribution in [0, 0.1) is 0 Å². The molecule has 0 fully saturated rings. The van der Waals surface area contributed by atoms with Gasteiger partial charge in [-0.2, -0.15) is 5.10 Å². The molecule has 1 amide bonds. The van der Waals surface area contributed by atoms with Crippen molar-refractivity contribution in [1.29, 1.82) is 0 Å². The van der Waals surface area contributed by atoms with Gasteiger partial charge in [0.05, 0.1) is 0 Å². The van der Waals surface area contributed by atoms with E-state index in [0.29, 0.717) is 0 Å². The summed E-state index contributed by atoms with van der Waals surface area (Å²) in [5, 5.41) is 4.91. The second kappa shape index (κ2) is 6.46. The Morgan fingerprint density at radius 1 is 1.05 bits per heavy atom. The molecule has 0 saturated heterocycles. The number of hydrogen-bond donors (Lipinski definition) is 0. The average molecular weight is 312 g/mol. The van der Waals surface area contributed by atoms with Crippen LogP contribution < -0.4 is 0 Å². The molecule has 22 heavy (non-hydrogen) atoms. The highest BCUT2D eigenvalue weighted by Crippen LogP contribution is 2.15. The molecule has 0 radical (unpaired) electrons. The summed E-state index contributed by atoms with van der Waals surface area (Å²) in [4.78, 5) is 35.6. The van der Waals surface area contributed by atoms with Crippen molar-refractivity contribution in [2.24, 2.45) is 5.10 Å². The van der Waals surface area contributed by atoms with E-state index in [4.69, 9.17) is 9.47 Å². The Morgan fingerprint density at radius 2 is 1.59 bits per heavy atom. The Kier molecular flexibility index (Phi) is 5.32. The fraction of sp³-hybridized carbons (Fsp3) is 0.733. The van der Waals surface area contributed by atoms with E-state index in [-0.39, 0.29) is 31.0 Å². The Labute approximate surface area is 130 Å². The zero-order valence-electron chi connectivity index (χ0n) is 14.1. The Bertz CT molecular complexity index is 497. The Balaban J connectivity index is 2.77. The van der Waals surface area contributed by atoms with E-state index in [0.717, 1.165) is 5.01 Å². The van der Waals surface area contributed by atoms with Gasteiger partial charge in [-0.15, -0.1) is 0 Å². The first-order chi connectivity index (χ1) is 9.87. The normalized spacial score (nSPS) is 16.2. The maximum absolute atomic E-state index is 12.0. The molecule has 0 aromatic rings. The van der Waals surface area contributed by atoms with Crippen molar-refractivity contribution in [3.8, 4) is 0 Å². The largest absolute Gasteiger partial charge is 0.459 e. The van der Waals surface area contributed by atoms with Gasteiger partial charge in [0, 0.05) is 12.8 Å². The highest BCUT2D eigenvalue weighted by molar-refractivity contribution is 6.37. The molecule has 0 aliphatic carbocycles. The molecule has 1 aliphatic rings. The fourth-order valence-corrected chi connectivity index (χ4v) is 1.71. The van der Waals surface area contributed by atoms with Gasteiger partial charge in [-0.05, 0) is 41.5 Å². The van der Waals surface area contributed by atoms with Crippen molar-refractivity contribution >= 4 is 23.6 Å². The molecule has 1 rings (SSSR count). The third kappa shape index (κ3) is 6.24. The molecule has 7 nitrogen and oxygen atoms in total. The molecule has 0 aromatic carbocycles. The predicted molar refractivity (Wildman–Crippen MR) is 80.1 cm³/mol. The van der Waals surface area contributed by atoms with Crippen LogP contribution in [0.1, 0.15) is 54.4 Å². The van der Waals surface area contributed by atoms with Gasteiger partial charge >= 0.3 is 11.9 Å². The number of nitrogens with zero attached hydrogens (tertiary/aromatic N) is 2. The van der Waals surface area contributed by atoms with Gasteiger partial charge in [-0.1, -0.05) is 0 Å². The molecule has 0 spiro atoms. The van der Waals surface area contributed by atoms with Crippen molar-refractivity contribution in [3.05, 3.63) is 0 Å². The summed E-state index contributed by atoms with van der Waals surface area (Å²) in [5.74, 6) is -1.47. The van der Waals surface area contributed by atoms with Crippen LogP contribution >= 0.6 is 0 Å². The molecule has 0 atom stereocenters. The van der Waals surface area contributed by atoms with Crippen LogP contribution in [0.5, 0.6) is 0 Å². The SMILES string of the molecule is CC(C)(C)OC(=O)CN1N=C(C(=O)OC(C)(C)C)CCC1=O. The zero-order chi connectivity index (χ0) is 17.1. The van der Waals surface area contributed by atoms with E-state index >= 15 is 0 Å². The average Bonchev–Trinajstić information content (AvgIpc) is 2.27. The van der Waals surface area contributed by atoms with Crippen LogP contribution in [0.3, 0.4) is 0 Å². The lowest BCUT2D eigenvalue weighted by Gasteiger charge is -2.26. The number of rotatable bonds is 3. The summed E-state index contributed by atoms with van der Waals surface area (Å²) in [7, 11) is 0. The molecule has 124 valence electrons. The van der Waals surface area contributed by atoms with E-state index in [9.17, 15) is 14.4 Å². The minimum atomic E-state index is -0.645. The molecule has 0 saturated carbocycles. The molecule has 0 unspecified atom stereocenters. The summed E-state index contributed by atoms with van der Waals surface area (Å²) in [5.41, 5.74) is -1.15. The second-order valence-corrected chi connectivity index (χ2v) is 7.09. The van der Waals surface area contributed by atoms with E-state index in [2.05, 4.69) is 5.10 Å². The summed E-state index contributed by atoms with van der Waals surface area (Å²) >= 11 is 0. The Hall–Kier alpha value is -1.92. The monoisotopic (exact) mass is 312 g/mol. The van der Waals surface area contributed by atoms with Crippen molar-refractivity contribution in [1.82, 2.24) is 5.01 Å². The number of amides is 1. The summed E-state index contributed by atoms with van der Waals surface area (Å²) in [6, 6.07) is 0. The Morgan fingerprint density at radius 3 is 2.09 bits per heavy atom. The lowest BCUT2D eigenvalue weighted by molar-refractivity contribution is -0.159. The van der Waals surface area contributed by atoms with Gasteiger partial charge in [-0.25, -0.2) is 9.80 Å². The zero-order valence-corrected chi connectivity index (χ0v) is 14.1. The van der Waals surface area contributed by atoms with Crippen molar-refractivity contribution in [2.75, 3.05) is 6.54 Å². The lowest BCUT2D eigenvalue weighted by atomic mass is 10.1. The van der Waals surface area contributed by atoms with Gasteiger partial charge in [0.15, 0.2) is 0 Å². The molecule has 0 N–H and O–H groups in total. The van der Waals surface area contributed by atoms with Crippen LogP contribution in [-0.2, 0) is 23.9 Å². The first-order valence-electron chi connectivity index (χ1n) is 7.20. The van der Waals surface area contributed by atoms with Gasteiger partial charge in [-0.3, -0.25) is 9.59 Å². The number of hydrazone groups is 1. The maximum atomic E-state index is 12.0. The predicted octanol–water partition coefficient (Wildman–Crippen LogP) is 1.65. The smallest absolute Gasteiger partial charge is 0.355 e. The number of carbonyl (C=O) groups is 3. The third-order valence-electron chi connectivity index (χ3n) is 2.44. The third-order valence-corrected chi connectivity index (χ3v) is 2.44. The number of ether oxygens (including phenoxy) is 2. The first kappa shape index (κ1) is 18.1. The van der Waals surface area contributed by atoms with E-state index in [1.807, 2.05) is 0 Å². The maximum Gasteiger partial charge on any atom is 0.355 e. The van der Waals surface area contributed by atoms with Crippen molar-refractivity contribution in [2.45, 2.75) is 65.6 Å². The number of carbonyl (C=O) groups excluding carboxylic acids is 3. The molecule has 7 heteroatoms. The van der Waals surface area contributed by atoms with Crippen LogP contribution in [0.15, 0.2) is 5.10 Å². The van der Waals surface area contributed by atoms with Crippen molar-refractivity contribution in [3.63, 3.8) is 0 Å². The van der Waals surface area contributed by atoms with Gasteiger partial charge < -0.3 is 9.47 Å². The fourth-order valence-electron chi connectivity index (χ4n) is 1.71. The number of hydrogen-bond acceptors (Lipinski definition) is 6. The lowest BCUT2D eigenvalue weighted by Crippen LogP contribution is -2.40. The summed E-state index contributed by atoms with van der Waals surface area (Å²) in [6.45, 7) is 10.1. The highest BCUT2D eigenvalue weighted by atomic mass is 16.6. The number of esters is 2. The quantitative estimate of drug-likeness (QED) is 0.740. The van der Waals surface area contributed by atoms with Gasteiger partial charge in [0.2, 0.25) is 5.91 Å². The first-order valence-corrected chi connectivity index (χ1v) is 7.20. The summed E-state index contributed by atoms with van der Waals surface area (Å²) < 4.78 is 10.4. The highest BCUT2D eigenvalue weighted by Gasteiger charge is 2.30. The second-order valence-electron chi connectivity index (χ2n) is 7.09. The minimum Gasteiger partial charge on any atom is -0.459 e. The van der Waals surface area contributed by atoms with Gasteiger partial charge in [0.25, 0.3) is 0 Å². The van der Waals surface area contributed by atoms with Gasteiger partial charge in [0.1, 0.15) is 23.5 Å². The summed E-state index contributed by atoms with van der Waals surface area (Å²) in [6.07, 6.45) is 0.319.